The van der Waals surface area contributed by atoms with Crippen LogP contribution in [0.1, 0.15) is 21.5 Å². The van der Waals surface area contributed by atoms with Crippen molar-refractivity contribution in [3.05, 3.63) is 71.6 Å². The van der Waals surface area contributed by atoms with Crippen molar-refractivity contribution >= 4 is 6.29 Å². The molecule has 2 aromatic carbocycles. The molecule has 0 atom stereocenters. The zero-order chi connectivity index (χ0) is 15.9. The number of carbonyl (C=O) groups excluding carboxylic acids is 1. The summed E-state index contributed by atoms with van der Waals surface area (Å²) >= 11 is 0. The van der Waals surface area contributed by atoms with E-state index in [1.165, 1.54) is 13.2 Å². The van der Waals surface area contributed by atoms with Crippen molar-refractivity contribution in [3.63, 3.8) is 0 Å². The van der Waals surface area contributed by atoms with Crippen LogP contribution in [0.15, 0.2) is 49.1 Å². The molecule has 0 saturated carbocycles. The minimum absolute atomic E-state index is 0.0770. The van der Waals surface area contributed by atoms with Crippen LogP contribution in [0.25, 0.3) is 0 Å². The van der Waals surface area contributed by atoms with E-state index in [-0.39, 0.29) is 12.4 Å². The Kier molecular flexibility index (Phi) is 5.31. The van der Waals surface area contributed by atoms with Crippen LogP contribution in [0.3, 0.4) is 0 Å². The smallest absolute Gasteiger partial charge is 0.165 e. The number of hydrogen-bond acceptors (Lipinski definition) is 3. The third-order valence-electron chi connectivity index (χ3n) is 3.20. The molecule has 2 aromatic rings. The van der Waals surface area contributed by atoms with Gasteiger partial charge in [0.15, 0.2) is 11.5 Å². The van der Waals surface area contributed by atoms with Crippen molar-refractivity contribution in [2.75, 3.05) is 7.11 Å². The van der Waals surface area contributed by atoms with Crippen LogP contribution in [0, 0.1) is 5.82 Å². The van der Waals surface area contributed by atoms with Gasteiger partial charge in [0.25, 0.3) is 0 Å². The molecule has 0 bridgehead atoms. The molecule has 3 nitrogen and oxygen atoms in total. The van der Waals surface area contributed by atoms with Crippen LogP contribution >= 0.6 is 0 Å². The fourth-order valence-corrected chi connectivity index (χ4v) is 2.14. The number of aldehydes is 1. The topological polar surface area (TPSA) is 35.5 Å². The minimum atomic E-state index is -0.323. The summed E-state index contributed by atoms with van der Waals surface area (Å²) < 4.78 is 24.7. The highest BCUT2D eigenvalue weighted by Gasteiger charge is 2.13. The van der Waals surface area contributed by atoms with Gasteiger partial charge >= 0.3 is 0 Å². The van der Waals surface area contributed by atoms with Crippen LogP contribution in [0.4, 0.5) is 4.39 Å². The average Bonchev–Trinajstić information content (AvgIpc) is 2.54. The number of halogens is 1. The Hall–Kier alpha value is -2.62. The maximum absolute atomic E-state index is 13.7. The van der Waals surface area contributed by atoms with E-state index in [1.807, 2.05) is 0 Å². The van der Waals surface area contributed by atoms with E-state index in [0.717, 1.165) is 11.8 Å². The molecule has 0 aliphatic rings. The fourth-order valence-electron chi connectivity index (χ4n) is 2.14. The fraction of sp³-hybridized carbons (Fsp3) is 0.167. The third-order valence-corrected chi connectivity index (χ3v) is 3.20. The first-order valence-electron chi connectivity index (χ1n) is 6.82. The highest BCUT2D eigenvalue weighted by Crippen LogP contribution is 2.34. The van der Waals surface area contributed by atoms with Gasteiger partial charge in [-0.05, 0) is 24.6 Å². The number of rotatable bonds is 7. The number of allylic oxidation sites excluding steroid dienone is 1. The van der Waals surface area contributed by atoms with Gasteiger partial charge in [0.05, 0.1) is 7.11 Å². The number of benzene rings is 2. The maximum atomic E-state index is 13.7. The van der Waals surface area contributed by atoms with E-state index in [4.69, 9.17) is 9.47 Å². The lowest BCUT2D eigenvalue weighted by molar-refractivity contribution is 0.112. The number of carbonyl (C=O) groups is 1. The molecule has 0 N–H and O–H groups in total. The van der Waals surface area contributed by atoms with Crippen molar-refractivity contribution in [2.24, 2.45) is 0 Å². The van der Waals surface area contributed by atoms with Gasteiger partial charge in [-0.3, -0.25) is 4.79 Å². The van der Waals surface area contributed by atoms with Gasteiger partial charge in [-0.2, -0.15) is 0 Å². The first-order valence-corrected chi connectivity index (χ1v) is 6.82. The van der Waals surface area contributed by atoms with Crippen molar-refractivity contribution in [2.45, 2.75) is 13.0 Å². The molecule has 0 unspecified atom stereocenters. The minimum Gasteiger partial charge on any atom is -0.493 e. The van der Waals surface area contributed by atoms with Crippen LogP contribution in [-0.2, 0) is 13.0 Å². The van der Waals surface area contributed by atoms with E-state index in [0.29, 0.717) is 29.0 Å². The second-order valence-electron chi connectivity index (χ2n) is 4.70. The molecule has 0 spiro atoms. The van der Waals surface area contributed by atoms with Gasteiger partial charge in [0, 0.05) is 16.7 Å². The van der Waals surface area contributed by atoms with Crippen LogP contribution in [0.5, 0.6) is 11.5 Å². The van der Waals surface area contributed by atoms with Crippen molar-refractivity contribution < 1.29 is 18.7 Å². The van der Waals surface area contributed by atoms with E-state index in [1.54, 1.807) is 36.4 Å². The molecular formula is C18H17FO3. The standard InChI is InChI=1S/C18H17FO3/c1-3-6-14-9-13(11-20)10-17(21-2)18(14)22-12-15-7-4-5-8-16(15)19/h3-5,7-11H,1,6,12H2,2H3. The molecule has 4 heteroatoms. The zero-order valence-corrected chi connectivity index (χ0v) is 12.3. The van der Waals surface area contributed by atoms with Crippen LogP contribution in [0.2, 0.25) is 0 Å². The molecule has 114 valence electrons. The summed E-state index contributed by atoms with van der Waals surface area (Å²) in [7, 11) is 1.50. The summed E-state index contributed by atoms with van der Waals surface area (Å²) in [5, 5.41) is 0. The van der Waals surface area contributed by atoms with E-state index in [2.05, 4.69) is 6.58 Å². The Morgan fingerprint density at radius 2 is 2.00 bits per heavy atom. The van der Waals surface area contributed by atoms with Gasteiger partial charge in [0.2, 0.25) is 0 Å². The molecule has 0 amide bonds. The van der Waals surface area contributed by atoms with Crippen LogP contribution < -0.4 is 9.47 Å². The molecule has 0 aliphatic heterocycles. The Morgan fingerprint density at radius 3 is 2.64 bits per heavy atom. The second-order valence-corrected chi connectivity index (χ2v) is 4.70. The Balaban J connectivity index is 2.34. The molecule has 2 rings (SSSR count). The van der Waals surface area contributed by atoms with Crippen molar-refractivity contribution in [1.29, 1.82) is 0 Å². The third kappa shape index (κ3) is 3.52. The van der Waals surface area contributed by atoms with E-state index < -0.39 is 0 Å². The lowest BCUT2D eigenvalue weighted by atomic mass is 10.1. The van der Waals surface area contributed by atoms with Crippen molar-refractivity contribution in [1.82, 2.24) is 0 Å². The van der Waals surface area contributed by atoms with Gasteiger partial charge in [0.1, 0.15) is 18.7 Å². The lowest BCUT2D eigenvalue weighted by Crippen LogP contribution is -2.03. The number of ether oxygens (including phenoxy) is 2. The van der Waals surface area contributed by atoms with E-state index in [9.17, 15) is 9.18 Å². The molecule has 0 saturated heterocycles. The highest BCUT2D eigenvalue weighted by atomic mass is 19.1. The molecule has 0 fully saturated rings. The maximum Gasteiger partial charge on any atom is 0.165 e. The summed E-state index contributed by atoms with van der Waals surface area (Å²) in [4.78, 5) is 11.0. The normalized spacial score (nSPS) is 10.1. The quantitative estimate of drug-likeness (QED) is 0.573. The Morgan fingerprint density at radius 1 is 1.23 bits per heavy atom. The Bertz CT molecular complexity index is 680. The summed E-state index contributed by atoms with van der Waals surface area (Å²) in [6.45, 7) is 3.77. The summed E-state index contributed by atoms with van der Waals surface area (Å²) in [6, 6.07) is 9.73. The molecule has 22 heavy (non-hydrogen) atoms. The summed E-state index contributed by atoms with van der Waals surface area (Å²) in [5.41, 5.74) is 1.72. The van der Waals surface area contributed by atoms with Gasteiger partial charge in [-0.1, -0.05) is 24.3 Å². The highest BCUT2D eigenvalue weighted by molar-refractivity contribution is 5.77. The Labute approximate surface area is 129 Å². The molecule has 0 radical (unpaired) electrons. The first-order chi connectivity index (χ1) is 10.7. The molecule has 0 heterocycles. The summed E-state index contributed by atoms with van der Waals surface area (Å²) in [5.74, 6) is 0.616. The monoisotopic (exact) mass is 300 g/mol. The average molecular weight is 300 g/mol. The molecular weight excluding hydrogens is 283 g/mol. The van der Waals surface area contributed by atoms with Crippen molar-refractivity contribution in [3.8, 4) is 11.5 Å². The second kappa shape index (κ2) is 7.41. The van der Waals surface area contributed by atoms with E-state index >= 15 is 0 Å². The summed E-state index contributed by atoms with van der Waals surface area (Å²) in [6.07, 6.45) is 2.97. The van der Waals surface area contributed by atoms with Gasteiger partial charge < -0.3 is 9.47 Å². The number of hydrogen-bond donors (Lipinski definition) is 0. The first kappa shape index (κ1) is 15.8. The molecule has 0 aliphatic carbocycles. The van der Waals surface area contributed by atoms with Gasteiger partial charge in [-0.25, -0.2) is 4.39 Å². The lowest BCUT2D eigenvalue weighted by Gasteiger charge is -2.15. The zero-order valence-electron chi connectivity index (χ0n) is 12.3. The van der Waals surface area contributed by atoms with Gasteiger partial charge in [-0.15, -0.1) is 6.58 Å². The largest absolute Gasteiger partial charge is 0.493 e. The predicted octanol–water partition coefficient (Wildman–Crippen LogP) is 3.95. The SMILES string of the molecule is C=CCc1cc(C=O)cc(OC)c1OCc1ccccc1F. The van der Waals surface area contributed by atoms with Crippen LogP contribution in [-0.4, -0.2) is 13.4 Å². The predicted molar refractivity (Wildman–Crippen MR) is 83.0 cm³/mol. The number of methoxy groups -OCH3 is 1. The molecule has 0 aromatic heterocycles.